The third kappa shape index (κ3) is 11.1. The molecular formula is C10H18O9. The molecule has 0 fully saturated rings. The van der Waals surface area contributed by atoms with Gasteiger partial charge >= 0.3 is 17.9 Å². The van der Waals surface area contributed by atoms with E-state index in [9.17, 15) is 14.4 Å². The van der Waals surface area contributed by atoms with Crippen molar-refractivity contribution in [3.8, 4) is 0 Å². The smallest absolute Gasteiger partial charge is 0.335 e. The van der Waals surface area contributed by atoms with Crippen molar-refractivity contribution in [3.63, 3.8) is 0 Å². The standard InChI is InChI=1S/C5H8O5.C5H10O4/c1-10-5(9)3(6)2-4(7)8;1-9-5(8)4(7)2-3-6/h3,6H,2H2,1H3,(H,7,8);4,6-7H,2-3H2,1H3. The zero-order chi connectivity index (χ0) is 15.4. The van der Waals surface area contributed by atoms with Crippen LogP contribution >= 0.6 is 0 Å². The van der Waals surface area contributed by atoms with Crippen LogP contribution in [0, 0.1) is 0 Å². The molecule has 0 aromatic rings. The molecule has 4 N–H and O–H groups in total. The van der Waals surface area contributed by atoms with Crippen LogP contribution in [0.4, 0.5) is 0 Å². The largest absolute Gasteiger partial charge is 0.481 e. The van der Waals surface area contributed by atoms with Gasteiger partial charge in [0.05, 0.1) is 20.6 Å². The zero-order valence-corrected chi connectivity index (χ0v) is 10.6. The number of methoxy groups -OCH3 is 2. The van der Waals surface area contributed by atoms with Gasteiger partial charge in [-0.25, -0.2) is 9.59 Å². The van der Waals surface area contributed by atoms with Gasteiger partial charge in [0, 0.05) is 13.0 Å². The molecule has 0 bridgehead atoms. The van der Waals surface area contributed by atoms with E-state index < -0.39 is 36.5 Å². The molecule has 0 aromatic heterocycles. The van der Waals surface area contributed by atoms with Crippen LogP contribution in [0.15, 0.2) is 0 Å². The van der Waals surface area contributed by atoms with Crippen molar-refractivity contribution in [2.75, 3.05) is 20.8 Å². The van der Waals surface area contributed by atoms with Gasteiger partial charge in [-0.05, 0) is 0 Å². The Balaban J connectivity index is 0. The quantitative estimate of drug-likeness (QED) is 0.401. The minimum Gasteiger partial charge on any atom is -0.481 e. The van der Waals surface area contributed by atoms with Gasteiger partial charge < -0.3 is 29.9 Å². The second-order valence-electron chi connectivity index (χ2n) is 3.19. The van der Waals surface area contributed by atoms with Gasteiger partial charge in [0.15, 0.2) is 12.2 Å². The van der Waals surface area contributed by atoms with Crippen LogP contribution < -0.4 is 0 Å². The number of aliphatic hydroxyl groups excluding tert-OH is 3. The maximum atomic E-state index is 10.3. The number of hydrogen-bond acceptors (Lipinski definition) is 8. The minimum absolute atomic E-state index is 0.0344. The van der Waals surface area contributed by atoms with Crippen molar-refractivity contribution in [1.29, 1.82) is 0 Å². The Bertz CT molecular complexity index is 289. The highest BCUT2D eigenvalue weighted by molar-refractivity contribution is 5.80. The third-order valence-electron chi connectivity index (χ3n) is 1.72. The molecule has 0 amide bonds. The molecule has 0 heterocycles. The highest BCUT2D eigenvalue weighted by atomic mass is 16.5. The summed E-state index contributed by atoms with van der Waals surface area (Å²) in [6, 6.07) is 0. The maximum Gasteiger partial charge on any atom is 0.335 e. The first kappa shape index (κ1) is 19.6. The normalized spacial score (nSPS) is 12.5. The Morgan fingerprint density at radius 2 is 1.42 bits per heavy atom. The molecule has 2 atom stereocenters. The van der Waals surface area contributed by atoms with E-state index in [1.165, 1.54) is 7.11 Å². The maximum absolute atomic E-state index is 10.3. The first-order chi connectivity index (χ1) is 8.79. The van der Waals surface area contributed by atoms with E-state index in [2.05, 4.69) is 9.47 Å². The molecule has 0 radical (unpaired) electrons. The van der Waals surface area contributed by atoms with Gasteiger partial charge in [0.25, 0.3) is 0 Å². The SMILES string of the molecule is COC(=O)C(O)CC(=O)O.COC(=O)C(O)CCO. The summed E-state index contributed by atoms with van der Waals surface area (Å²) in [6.07, 6.45) is -3.32. The summed E-state index contributed by atoms with van der Waals surface area (Å²) in [7, 11) is 2.26. The number of carbonyl (C=O) groups excluding carboxylic acids is 2. The van der Waals surface area contributed by atoms with Crippen molar-refractivity contribution < 1.29 is 44.3 Å². The van der Waals surface area contributed by atoms with Crippen LogP contribution in [0.3, 0.4) is 0 Å². The van der Waals surface area contributed by atoms with E-state index in [-0.39, 0.29) is 13.0 Å². The highest BCUT2D eigenvalue weighted by Crippen LogP contribution is 1.93. The molecule has 112 valence electrons. The Kier molecular flexibility index (Phi) is 11.8. The van der Waals surface area contributed by atoms with Gasteiger partial charge in [-0.1, -0.05) is 0 Å². The molecule has 9 nitrogen and oxygen atoms in total. The summed E-state index contributed by atoms with van der Waals surface area (Å²) in [5, 5.41) is 33.6. The Morgan fingerprint density at radius 3 is 1.74 bits per heavy atom. The van der Waals surface area contributed by atoms with E-state index in [1.54, 1.807) is 0 Å². The zero-order valence-electron chi connectivity index (χ0n) is 10.6. The Labute approximate surface area is 109 Å². The molecule has 0 rings (SSSR count). The van der Waals surface area contributed by atoms with Crippen LogP contribution in [-0.2, 0) is 23.9 Å². The molecule has 0 aliphatic rings. The Morgan fingerprint density at radius 1 is 1.00 bits per heavy atom. The van der Waals surface area contributed by atoms with E-state index in [0.29, 0.717) is 0 Å². The van der Waals surface area contributed by atoms with Crippen molar-refractivity contribution in [3.05, 3.63) is 0 Å². The number of rotatable bonds is 6. The van der Waals surface area contributed by atoms with Gasteiger partial charge in [0.1, 0.15) is 0 Å². The van der Waals surface area contributed by atoms with E-state index in [4.69, 9.17) is 20.4 Å². The lowest BCUT2D eigenvalue weighted by Gasteiger charge is -2.03. The molecule has 9 heteroatoms. The predicted octanol–water partition coefficient (Wildman–Crippen LogP) is -2.10. The number of esters is 2. The second kappa shape index (κ2) is 11.4. The van der Waals surface area contributed by atoms with Crippen molar-refractivity contribution in [2.24, 2.45) is 0 Å². The van der Waals surface area contributed by atoms with E-state index >= 15 is 0 Å². The number of carboxylic acids is 1. The molecule has 0 spiro atoms. The van der Waals surface area contributed by atoms with Crippen molar-refractivity contribution in [2.45, 2.75) is 25.0 Å². The fourth-order valence-electron chi connectivity index (χ4n) is 0.761. The molecule has 0 aliphatic heterocycles. The summed E-state index contributed by atoms with van der Waals surface area (Å²) in [6.45, 7) is -0.212. The van der Waals surface area contributed by atoms with Crippen LogP contribution in [0.25, 0.3) is 0 Å². The fraction of sp³-hybridized carbons (Fsp3) is 0.700. The lowest BCUT2D eigenvalue weighted by atomic mass is 10.3. The molecule has 2 unspecified atom stereocenters. The predicted molar refractivity (Wildman–Crippen MR) is 60.0 cm³/mol. The van der Waals surface area contributed by atoms with Crippen LogP contribution in [0.1, 0.15) is 12.8 Å². The van der Waals surface area contributed by atoms with Crippen molar-refractivity contribution in [1.82, 2.24) is 0 Å². The number of carbonyl (C=O) groups is 3. The molecule has 0 saturated heterocycles. The van der Waals surface area contributed by atoms with Crippen LogP contribution in [0.5, 0.6) is 0 Å². The monoisotopic (exact) mass is 282 g/mol. The number of aliphatic carboxylic acids is 1. The highest BCUT2D eigenvalue weighted by Gasteiger charge is 2.18. The van der Waals surface area contributed by atoms with E-state index in [0.717, 1.165) is 7.11 Å². The topological polar surface area (TPSA) is 151 Å². The summed E-state index contributed by atoms with van der Waals surface area (Å²) in [5.74, 6) is -2.87. The lowest BCUT2D eigenvalue weighted by molar-refractivity contribution is -0.155. The van der Waals surface area contributed by atoms with Gasteiger partial charge in [-0.3, -0.25) is 4.79 Å². The minimum atomic E-state index is -1.55. The van der Waals surface area contributed by atoms with Crippen molar-refractivity contribution >= 4 is 17.9 Å². The molecule has 0 aliphatic carbocycles. The average molecular weight is 282 g/mol. The number of ether oxygens (including phenoxy) is 2. The Hall–Kier alpha value is -1.71. The number of carboxylic acid groups (broad SMARTS) is 1. The molecule has 19 heavy (non-hydrogen) atoms. The number of hydrogen-bond donors (Lipinski definition) is 4. The number of aliphatic hydroxyl groups is 3. The fourth-order valence-corrected chi connectivity index (χ4v) is 0.761. The summed E-state index contributed by atoms with van der Waals surface area (Å²) < 4.78 is 8.23. The summed E-state index contributed by atoms with van der Waals surface area (Å²) in [5.41, 5.74) is 0. The van der Waals surface area contributed by atoms with Gasteiger partial charge in [-0.2, -0.15) is 0 Å². The summed E-state index contributed by atoms with van der Waals surface area (Å²) >= 11 is 0. The first-order valence-electron chi connectivity index (χ1n) is 5.14. The summed E-state index contributed by atoms with van der Waals surface area (Å²) in [4.78, 5) is 30.5. The lowest BCUT2D eigenvalue weighted by Crippen LogP contribution is -2.24. The average Bonchev–Trinajstić information content (AvgIpc) is 2.36. The van der Waals surface area contributed by atoms with Crippen LogP contribution in [-0.4, -0.2) is 71.4 Å². The second-order valence-corrected chi connectivity index (χ2v) is 3.19. The van der Waals surface area contributed by atoms with Gasteiger partial charge in [0.2, 0.25) is 0 Å². The van der Waals surface area contributed by atoms with Gasteiger partial charge in [-0.15, -0.1) is 0 Å². The molecule has 0 saturated carbocycles. The third-order valence-corrected chi connectivity index (χ3v) is 1.72. The van der Waals surface area contributed by atoms with Crippen LogP contribution in [0.2, 0.25) is 0 Å². The molecular weight excluding hydrogens is 264 g/mol. The first-order valence-corrected chi connectivity index (χ1v) is 5.14. The van der Waals surface area contributed by atoms with E-state index in [1.807, 2.05) is 0 Å². The molecule has 0 aromatic carbocycles.